The minimum Gasteiger partial charge on any atom is -0.352 e. The SMILES string of the molecule is CCc1ccccc1NC(=O)CCN1C(=S)N[C@H](c2ccccn2)[C@@H]1c1cccn1-c1cccc([N+](=O)[O-])c1. The number of hydrogen-bond acceptors (Lipinski definition) is 5. The number of pyridine rings is 1. The van der Waals surface area contributed by atoms with E-state index in [-0.39, 0.29) is 30.1 Å². The van der Waals surface area contributed by atoms with Gasteiger partial charge in [0.05, 0.1) is 28.4 Å². The van der Waals surface area contributed by atoms with E-state index < -0.39 is 4.92 Å². The topological polar surface area (TPSA) is 105 Å². The molecule has 0 spiro atoms. The average molecular weight is 541 g/mol. The number of aromatic nitrogens is 2. The molecule has 0 aliphatic carbocycles. The van der Waals surface area contributed by atoms with Crippen LogP contribution in [-0.2, 0) is 11.2 Å². The number of carbonyl (C=O) groups is 1. The average Bonchev–Trinajstić information content (AvgIpc) is 3.57. The van der Waals surface area contributed by atoms with E-state index in [2.05, 4.69) is 22.5 Å². The van der Waals surface area contributed by atoms with Crippen LogP contribution in [0, 0.1) is 10.1 Å². The molecule has 2 aromatic carbocycles. The number of non-ortho nitro benzene ring substituents is 1. The monoisotopic (exact) mass is 540 g/mol. The normalized spacial score (nSPS) is 16.6. The number of benzene rings is 2. The van der Waals surface area contributed by atoms with Gasteiger partial charge >= 0.3 is 0 Å². The van der Waals surface area contributed by atoms with Crippen molar-refractivity contribution in [2.75, 3.05) is 11.9 Å². The van der Waals surface area contributed by atoms with Gasteiger partial charge in [-0.1, -0.05) is 37.3 Å². The lowest BCUT2D eigenvalue weighted by Crippen LogP contribution is -2.33. The number of para-hydroxylation sites is 1. The summed E-state index contributed by atoms with van der Waals surface area (Å²) in [6, 6.07) is 23.3. The Bertz CT molecular complexity index is 1510. The molecule has 2 atom stereocenters. The van der Waals surface area contributed by atoms with E-state index >= 15 is 0 Å². The highest BCUT2D eigenvalue weighted by molar-refractivity contribution is 7.80. The number of thiocarbonyl (C=S) groups is 1. The fourth-order valence-corrected chi connectivity index (χ4v) is 5.31. The van der Waals surface area contributed by atoms with Crippen molar-refractivity contribution < 1.29 is 9.72 Å². The van der Waals surface area contributed by atoms with Crippen molar-refractivity contribution in [2.24, 2.45) is 0 Å². The summed E-state index contributed by atoms with van der Waals surface area (Å²) in [5.41, 5.74) is 4.24. The first-order chi connectivity index (χ1) is 19.0. The predicted octanol–water partition coefficient (Wildman–Crippen LogP) is 5.34. The maximum absolute atomic E-state index is 13.0. The molecule has 1 saturated heterocycles. The first-order valence-corrected chi connectivity index (χ1v) is 13.1. The molecule has 0 unspecified atom stereocenters. The van der Waals surface area contributed by atoms with Crippen LogP contribution in [0.5, 0.6) is 0 Å². The van der Waals surface area contributed by atoms with Crippen molar-refractivity contribution in [3.05, 3.63) is 118 Å². The molecule has 9 nitrogen and oxygen atoms in total. The van der Waals surface area contributed by atoms with Gasteiger partial charge in [0.15, 0.2) is 5.11 Å². The maximum Gasteiger partial charge on any atom is 0.271 e. The summed E-state index contributed by atoms with van der Waals surface area (Å²) in [6.45, 7) is 2.43. The van der Waals surface area contributed by atoms with Gasteiger partial charge in [-0.3, -0.25) is 19.9 Å². The molecule has 1 amide bonds. The van der Waals surface area contributed by atoms with E-state index in [1.165, 1.54) is 6.07 Å². The van der Waals surface area contributed by atoms with Crippen molar-refractivity contribution >= 4 is 34.6 Å². The molecule has 0 radical (unpaired) electrons. The van der Waals surface area contributed by atoms with Crippen LogP contribution in [0.1, 0.15) is 42.4 Å². The number of amides is 1. The second-order valence-electron chi connectivity index (χ2n) is 9.21. The molecule has 2 aromatic heterocycles. The molecule has 10 heteroatoms. The Labute approximate surface area is 231 Å². The molecule has 2 N–H and O–H groups in total. The first-order valence-electron chi connectivity index (χ1n) is 12.7. The standard InChI is InChI=1S/C29H28N6O3S/c1-2-20-9-3-4-12-23(20)31-26(36)15-18-34-28(27(32-29(34)39)24-13-5-6-16-30-24)25-14-8-17-33(25)21-10-7-11-22(19-21)35(37)38/h3-14,16-17,19,27-28H,2,15,18H2,1H3,(H,31,36)(H,32,39)/t27-,28+/m1/s1. The van der Waals surface area contributed by atoms with Gasteiger partial charge in [-0.05, 0) is 60.6 Å². The molecule has 39 heavy (non-hydrogen) atoms. The number of nitrogens with one attached hydrogen (secondary N) is 2. The zero-order valence-corrected chi connectivity index (χ0v) is 22.2. The van der Waals surface area contributed by atoms with Crippen LogP contribution in [-0.4, -0.2) is 36.9 Å². The van der Waals surface area contributed by atoms with E-state index in [9.17, 15) is 14.9 Å². The number of aryl methyl sites for hydroxylation is 1. The lowest BCUT2D eigenvalue weighted by molar-refractivity contribution is -0.384. The molecule has 4 aromatic rings. The van der Waals surface area contributed by atoms with E-state index in [4.69, 9.17) is 12.2 Å². The summed E-state index contributed by atoms with van der Waals surface area (Å²) >= 11 is 5.76. The molecule has 198 valence electrons. The third-order valence-corrected chi connectivity index (χ3v) is 7.20. The highest BCUT2D eigenvalue weighted by atomic mass is 32.1. The van der Waals surface area contributed by atoms with Gasteiger partial charge in [0.1, 0.15) is 0 Å². The number of nitro groups is 1. The summed E-state index contributed by atoms with van der Waals surface area (Å²) in [5.74, 6) is -0.104. The van der Waals surface area contributed by atoms with Gasteiger partial charge in [0.2, 0.25) is 5.91 Å². The molecule has 1 fully saturated rings. The van der Waals surface area contributed by atoms with Crippen molar-refractivity contribution in [1.29, 1.82) is 0 Å². The van der Waals surface area contributed by atoms with E-state index in [0.717, 1.165) is 29.1 Å². The minimum atomic E-state index is -0.406. The molecular formula is C29H28N6O3S. The van der Waals surface area contributed by atoms with Crippen LogP contribution in [0.15, 0.2) is 91.3 Å². The van der Waals surface area contributed by atoms with Crippen LogP contribution >= 0.6 is 12.2 Å². The van der Waals surface area contributed by atoms with Gasteiger partial charge in [-0.15, -0.1) is 0 Å². The van der Waals surface area contributed by atoms with Gasteiger partial charge in [-0.2, -0.15) is 0 Å². The van der Waals surface area contributed by atoms with Gasteiger partial charge in [0, 0.05) is 48.9 Å². The quantitative estimate of drug-likeness (QED) is 0.168. The summed E-state index contributed by atoms with van der Waals surface area (Å²) in [7, 11) is 0. The van der Waals surface area contributed by atoms with Crippen molar-refractivity contribution in [3.8, 4) is 5.69 Å². The number of hydrogen-bond donors (Lipinski definition) is 2. The highest BCUT2D eigenvalue weighted by Gasteiger charge is 2.41. The fourth-order valence-electron chi connectivity index (χ4n) is 4.98. The fraction of sp³-hybridized carbons (Fsp3) is 0.207. The van der Waals surface area contributed by atoms with Gasteiger partial charge in [-0.25, -0.2) is 0 Å². The molecule has 3 heterocycles. The van der Waals surface area contributed by atoms with E-state index in [0.29, 0.717) is 17.3 Å². The number of carbonyl (C=O) groups excluding carboxylic acids is 1. The van der Waals surface area contributed by atoms with E-state index in [1.807, 2.05) is 76.3 Å². The van der Waals surface area contributed by atoms with Gasteiger partial charge in [0.25, 0.3) is 5.69 Å². The van der Waals surface area contributed by atoms with Crippen molar-refractivity contribution in [3.63, 3.8) is 0 Å². The summed E-state index contributed by atoms with van der Waals surface area (Å²) in [5, 5.41) is 18.4. The highest BCUT2D eigenvalue weighted by Crippen LogP contribution is 2.39. The largest absolute Gasteiger partial charge is 0.352 e. The lowest BCUT2D eigenvalue weighted by Gasteiger charge is -2.29. The van der Waals surface area contributed by atoms with Crippen LogP contribution in [0.2, 0.25) is 0 Å². The second-order valence-corrected chi connectivity index (χ2v) is 9.60. The summed E-state index contributed by atoms with van der Waals surface area (Å²) in [6.07, 6.45) is 4.65. The Balaban J connectivity index is 1.46. The van der Waals surface area contributed by atoms with Crippen LogP contribution < -0.4 is 10.6 Å². The predicted molar refractivity (Wildman–Crippen MR) is 154 cm³/mol. The Morgan fingerprint density at radius 1 is 1.10 bits per heavy atom. The number of rotatable bonds is 9. The Hall–Kier alpha value is -4.57. The molecule has 1 aliphatic rings. The number of nitrogens with zero attached hydrogens (tertiary/aromatic N) is 4. The third-order valence-electron chi connectivity index (χ3n) is 6.85. The van der Waals surface area contributed by atoms with Crippen LogP contribution in [0.25, 0.3) is 5.69 Å². The zero-order valence-electron chi connectivity index (χ0n) is 21.4. The molecular weight excluding hydrogens is 512 g/mol. The lowest BCUT2D eigenvalue weighted by atomic mass is 10.0. The first kappa shape index (κ1) is 26.1. The molecule has 0 bridgehead atoms. The molecule has 1 aliphatic heterocycles. The third kappa shape index (κ3) is 5.51. The Morgan fingerprint density at radius 3 is 2.69 bits per heavy atom. The van der Waals surface area contributed by atoms with Crippen LogP contribution in [0.4, 0.5) is 11.4 Å². The van der Waals surface area contributed by atoms with Crippen LogP contribution in [0.3, 0.4) is 0 Å². The van der Waals surface area contributed by atoms with Crippen molar-refractivity contribution in [1.82, 2.24) is 19.8 Å². The van der Waals surface area contributed by atoms with E-state index in [1.54, 1.807) is 18.3 Å². The molecule has 0 saturated carbocycles. The van der Waals surface area contributed by atoms with Gasteiger partial charge < -0.3 is 20.1 Å². The minimum absolute atomic E-state index is 0.00869. The number of nitro benzene ring substituents is 1. The summed E-state index contributed by atoms with van der Waals surface area (Å²) in [4.78, 5) is 30.6. The number of anilines is 1. The second kappa shape index (κ2) is 11.4. The Morgan fingerprint density at radius 2 is 1.92 bits per heavy atom. The zero-order chi connectivity index (χ0) is 27.4. The summed E-state index contributed by atoms with van der Waals surface area (Å²) < 4.78 is 1.92. The maximum atomic E-state index is 13.0. The Kier molecular flexibility index (Phi) is 7.64. The molecule has 5 rings (SSSR count). The van der Waals surface area contributed by atoms with Crippen molar-refractivity contribution in [2.45, 2.75) is 31.8 Å². The smallest absolute Gasteiger partial charge is 0.271 e.